The Hall–Kier alpha value is -1.01. The van der Waals surface area contributed by atoms with Gasteiger partial charge in [0.25, 0.3) is 0 Å². The minimum Gasteiger partial charge on any atom is -0.264 e. The van der Waals surface area contributed by atoms with Gasteiger partial charge in [-0.2, -0.15) is 5.26 Å². The van der Waals surface area contributed by atoms with Crippen LogP contribution in [-0.4, -0.2) is 10.7 Å². The van der Waals surface area contributed by atoms with Gasteiger partial charge in [-0.1, -0.05) is 6.07 Å². The average molecular weight is 164 g/mol. The summed E-state index contributed by atoms with van der Waals surface area (Å²) in [6.45, 7) is 0. The summed E-state index contributed by atoms with van der Waals surface area (Å²) < 4.78 is 0. The molecule has 2 nitrogen and oxygen atoms in total. The molecule has 1 rings (SSSR count). The maximum Gasteiger partial charge on any atom is 0.133 e. The zero-order valence-electron chi connectivity index (χ0n) is 6.03. The Labute approximate surface area is 70.3 Å². The van der Waals surface area contributed by atoms with E-state index in [2.05, 4.69) is 4.98 Å². The van der Waals surface area contributed by atoms with Crippen molar-refractivity contribution in [2.24, 2.45) is 0 Å². The molecule has 1 aromatic rings. The molecular weight excluding hydrogens is 156 g/mol. The molecule has 0 aliphatic rings. The quantitative estimate of drug-likeness (QED) is 0.505. The zero-order chi connectivity index (χ0) is 7.94. The zero-order valence-corrected chi connectivity index (χ0v) is 6.84. The first kappa shape index (κ1) is 8.09. The lowest BCUT2D eigenvalue weighted by Crippen LogP contribution is -1.87. The highest BCUT2D eigenvalue weighted by Gasteiger charge is 1.90. The molecule has 0 amide bonds. The van der Waals surface area contributed by atoms with Crippen molar-refractivity contribution in [2.45, 2.75) is 6.42 Å². The normalized spacial score (nSPS) is 9.00. The molecular formula is C8H8N2S. The van der Waals surface area contributed by atoms with Gasteiger partial charge in [0.1, 0.15) is 5.40 Å². The molecule has 0 atom stereocenters. The largest absolute Gasteiger partial charge is 0.264 e. The summed E-state index contributed by atoms with van der Waals surface area (Å²) in [6.07, 6.45) is 4.50. The van der Waals surface area contributed by atoms with Crippen LogP contribution in [0.25, 0.3) is 0 Å². The third-order valence-corrected chi connectivity index (χ3v) is 1.82. The monoisotopic (exact) mass is 164 g/mol. The van der Waals surface area contributed by atoms with E-state index in [0.717, 1.165) is 12.2 Å². The third-order valence-electron chi connectivity index (χ3n) is 1.28. The SMILES string of the molecule is N#CSCCc1cccnc1. The van der Waals surface area contributed by atoms with E-state index in [0.29, 0.717) is 0 Å². The summed E-state index contributed by atoms with van der Waals surface area (Å²) in [6, 6.07) is 3.93. The number of nitriles is 1. The van der Waals surface area contributed by atoms with Crippen LogP contribution in [-0.2, 0) is 6.42 Å². The van der Waals surface area contributed by atoms with Crippen LogP contribution in [0.4, 0.5) is 0 Å². The van der Waals surface area contributed by atoms with Gasteiger partial charge in [0.05, 0.1) is 0 Å². The molecule has 0 aromatic carbocycles. The fraction of sp³-hybridized carbons (Fsp3) is 0.250. The number of hydrogen-bond donors (Lipinski definition) is 0. The van der Waals surface area contributed by atoms with E-state index in [1.54, 1.807) is 6.20 Å². The Bertz CT molecular complexity index is 240. The van der Waals surface area contributed by atoms with Gasteiger partial charge in [0.2, 0.25) is 0 Å². The lowest BCUT2D eigenvalue weighted by molar-refractivity contribution is 1.12. The van der Waals surface area contributed by atoms with Gasteiger partial charge in [0.15, 0.2) is 0 Å². The smallest absolute Gasteiger partial charge is 0.133 e. The van der Waals surface area contributed by atoms with Crippen LogP contribution >= 0.6 is 11.8 Å². The van der Waals surface area contributed by atoms with Crippen LogP contribution in [0.5, 0.6) is 0 Å². The fourth-order valence-corrected chi connectivity index (χ4v) is 1.19. The molecule has 0 fully saturated rings. The summed E-state index contributed by atoms with van der Waals surface area (Å²) in [5.74, 6) is 0.849. The molecule has 0 aliphatic heterocycles. The summed E-state index contributed by atoms with van der Waals surface area (Å²) in [5, 5.41) is 10.3. The topological polar surface area (TPSA) is 36.7 Å². The third kappa shape index (κ3) is 3.06. The van der Waals surface area contributed by atoms with Crippen molar-refractivity contribution in [3.05, 3.63) is 30.1 Å². The van der Waals surface area contributed by atoms with Crippen LogP contribution in [0.15, 0.2) is 24.5 Å². The van der Waals surface area contributed by atoms with Crippen molar-refractivity contribution in [1.82, 2.24) is 4.98 Å². The standard InChI is InChI=1S/C8H8N2S/c9-7-11-5-3-8-2-1-4-10-6-8/h1-2,4,6H,3,5H2. The molecule has 1 aromatic heterocycles. The Morgan fingerprint density at radius 3 is 3.18 bits per heavy atom. The minimum absolute atomic E-state index is 0.849. The predicted octanol–water partition coefficient (Wildman–Crippen LogP) is 1.84. The number of nitrogens with zero attached hydrogens (tertiary/aromatic N) is 2. The molecule has 0 radical (unpaired) electrons. The second kappa shape index (κ2) is 4.75. The lowest BCUT2D eigenvalue weighted by atomic mass is 10.2. The van der Waals surface area contributed by atoms with Crippen molar-refractivity contribution in [1.29, 1.82) is 5.26 Å². The first-order chi connectivity index (χ1) is 5.43. The molecule has 3 heteroatoms. The van der Waals surface area contributed by atoms with Gasteiger partial charge < -0.3 is 0 Å². The summed E-state index contributed by atoms with van der Waals surface area (Å²) in [5.41, 5.74) is 1.19. The van der Waals surface area contributed by atoms with Crippen molar-refractivity contribution >= 4 is 11.8 Å². The Balaban J connectivity index is 2.35. The van der Waals surface area contributed by atoms with Crippen molar-refractivity contribution in [2.75, 3.05) is 5.75 Å². The van der Waals surface area contributed by atoms with Gasteiger partial charge in [-0.05, 0) is 29.8 Å². The van der Waals surface area contributed by atoms with Crippen LogP contribution < -0.4 is 0 Å². The van der Waals surface area contributed by atoms with E-state index in [4.69, 9.17) is 5.26 Å². The first-order valence-corrected chi connectivity index (χ1v) is 4.32. The molecule has 0 bridgehead atoms. The molecule has 56 valence electrons. The molecule has 0 spiro atoms. The second-order valence-corrected chi connectivity index (χ2v) is 2.93. The summed E-state index contributed by atoms with van der Waals surface area (Å²) >= 11 is 1.28. The second-order valence-electron chi connectivity index (χ2n) is 2.05. The van der Waals surface area contributed by atoms with Crippen molar-refractivity contribution in [3.63, 3.8) is 0 Å². The number of rotatable bonds is 3. The first-order valence-electron chi connectivity index (χ1n) is 3.33. The fourth-order valence-electron chi connectivity index (χ4n) is 0.761. The molecule has 0 saturated carbocycles. The van der Waals surface area contributed by atoms with Crippen molar-refractivity contribution < 1.29 is 0 Å². The molecule has 0 saturated heterocycles. The van der Waals surface area contributed by atoms with Crippen LogP contribution in [0.3, 0.4) is 0 Å². The molecule has 0 aliphatic carbocycles. The van der Waals surface area contributed by atoms with Gasteiger partial charge in [0, 0.05) is 18.1 Å². The van der Waals surface area contributed by atoms with Gasteiger partial charge in [-0.15, -0.1) is 0 Å². The maximum atomic E-state index is 8.24. The van der Waals surface area contributed by atoms with E-state index < -0.39 is 0 Å². The Morgan fingerprint density at radius 1 is 1.64 bits per heavy atom. The molecule has 1 heterocycles. The highest BCUT2D eigenvalue weighted by Crippen LogP contribution is 2.03. The number of pyridine rings is 1. The number of hydrogen-bond acceptors (Lipinski definition) is 3. The summed E-state index contributed by atoms with van der Waals surface area (Å²) in [4.78, 5) is 3.97. The van der Waals surface area contributed by atoms with E-state index in [1.807, 2.05) is 23.7 Å². The van der Waals surface area contributed by atoms with Gasteiger partial charge >= 0.3 is 0 Å². The Kier molecular flexibility index (Phi) is 3.49. The lowest BCUT2D eigenvalue weighted by Gasteiger charge is -1.94. The Morgan fingerprint density at radius 2 is 2.55 bits per heavy atom. The van der Waals surface area contributed by atoms with Crippen LogP contribution in [0.2, 0.25) is 0 Å². The van der Waals surface area contributed by atoms with Gasteiger partial charge in [-0.3, -0.25) is 4.98 Å². The highest BCUT2D eigenvalue weighted by molar-refractivity contribution is 8.03. The van der Waals surface area contributed by atoms with Crippen LogP contribution in [0, 0.1) is 10.7 Å². The molecule has 11 heavy (non-hydrogen) atoms. The predicted molar refractivity (Wildman–Crippen MR) is 46.0 cm³/mol. The van der Waals surface area contributed by atoms with E-state index >= 15 is 0 Å². The summed E-state index contributed by atoms with van der Waals surface area (Å²) in [7, 11) is 0. The average Bonchev–Trinajstić information content (AvgIpc) is 2.07. The van der Waals surface area contributed by atoms with E-state index in [-0.39, 0.29) is 0 Å². The maximum absolute atomic E-state index is 8.24. The highest BCUT2D eigenvalue weighted by atomic mass is 32.2. The number of thioether (sulfide) groups is 1. The minimum atomic E-state index is 0.849. The number of aryl methyl sites for hydroxylation is 1. The molecule has 0 unspecified atom stereocenters. The number of aromatic nitrogens is 1. The van der Waals surface area contributed by atoms with E-state index in [9.17, 15) is 0 Å². The van der Waals surface area contributed by atoms with E-state index in [1.165, 1.54) is 17.3 Å². The van der Waals surface area contributed by atoms with Crippen molar-refractivity contribution in [3.8, 4) is 5.40 Å². The molecule has 0 N–H and O–H groups in total. The van der Waals surface area contributed by atoms with Crippen LogP contribution in [0.1, 0.15) is 5.56 Å². The van der Waals surface area contributed by atoms with Gasteiger partial charge in [-0.25, -0.2) is 0 Å². The number of thiocyanates is 1.